The van der Waals surface area contributed by atoms with E-state index >= 15 is 0 Å². The van der Waals surface area contributed by atoms with Crippen LogP contribution in [0.3, 0.4) is 0 Å². The number of imidazole rings is 1. The minimum Gasteiger partial charge on any atom is -0.480 e. The van der Waals surface area contributed by atoms with E-state index in [0.29, 0.717) is 13.0 Å². The minimum absolute atomic E-state index is 0.469. The van der Waals surface area contributed by atoms with Gasteiger partial charge in [0, 0.05) is 24.3 Å². The van der Waals surface area contributed by atoms with E-state index in [4.69, 9.17) is 0 Å². The topological polar surface area (TPSA) is 66.6 Å². The van der Waals surface area contributed by atoms with Crippen molar-refractivity contribution >= 4 is 22.3 Å². The van der Waals surface area contributed by atoms with Gasteiger partial charge in [-0.1, -0.05) is 13.3 Å². The first kappa shape index (κ1) is 13.0. The molecule has 18 heavy (non-hydrogen) atoms. The lowest BCUT2D eigenvalue weighted by Gasteiger charge is -2.25. The highest BCUT2D eigenvalue weighted by molar-refractivity contribution is 7.15. The van der Waals surface area contributed by atoms with Crippen LogP contribution >= 0.6 is 11.3 Å². The maximum absolute atomic E-state index is 11.3. The summed E-state index contributed by atoms with van der Waals surface area (Å²) < 4.78 is 1.94. The van der Waals surface area contributed by atoms with Crippen LogP contribution in [0, 0.1) is 0 Å². The number of thiazole rings is 1. The normalized spacial score (nSPS) is 14.8. The average Bonchev–Trinajstić information content (AvgIpc) is 2.86. The molecule has 0 saturated carbocycles. The van der Waals surface area contributed by atoms with Crippen LogP contribution in [0.4, 0.5) is 0 Å². The molecule has 0 fully saturated rings. The van der Waals surface area contributed by atoms with Crippen LogP contribution in [-0.4, -0.2) is 26.0 Å². The predicted octanol–water partition coefficient (Wildman–Crippen LogP) is 2.13. The Morgan fingerprint density at radius 3 is 3.06 bits per heavy atom. The predicted molar refractivity (Wildman–Crippen MR) is 70.9 cm³/mol. The van der Waals surface area contributed by atoms with E-state index < -0.39 is 11.5 Å². The summed E-state index contributed by atoms with van der Waals surface area (Å²) in [6.07, 6.45) is 5.30. The summed E-state index contributed by atoms with van der Waals surface area (Å²) in [5.74, 6) is -0.814. The number of nitrogens with zero attached hydrogens (tertiary/aromatic N) is 2. The number of aliphatic carboxylic acids is 1. The van der Waals surface area contributed by atoms with E-state index in [-0.39, 0.29) is 0 Å². The Morgan fingerprint density at radius 2 is 2.44 bits per heavy atom. The third-order valence-corrected chi connectivity index (χ3v) is 3.80. The first-order valence-corrected chi connectivity index (χ1v) is 6.82. The highest BCUT2D eigenvalue weighted by Gasteiger charge is 2.31. The Kier molecular flexibility index (Phi) is 3.68. The van der Waals surface area contributed by atoms with E-state index in [1.54, 1.807) is 18.3 Å². The number of fused-ring (bicyclic) bond motifs is 1. The zero-order valence-electron chi connectivity index (χ0n) is 10.5. The van der Waals surface area contributed by atoms with Gasteiger partial charge in [-0.25, -0.2) is 4.98 Å². The first-order chi connectivity index (χ1) is 8.55. The molecule has 2 aromatic heterocycles. The Morgan fingerprint density at radius 1 is 1.67 bits per heavy atom. The van der Waals surface area contributed by atoms with Crippen molar-refractivity contribution in [2.24, 2.45) is 0 Å². The second-order valence-electron chi connectivity index (χ2n) is 4.57. The fourth-order valence-corrected chi connectivity index (χ4v) is 2.64. The highest BCUT2D eigenvalue weighted by Crippen LogP contribution is 2.15. The van der Waals surface area contributed by atoms with Gasteiger partial charge in [-0.2, -0.15) is 0 Å². The summed E-state index contributed by atoms with van der Waals surface area (Å²) >= 11 is 1.57. The molecule has 2 rings (SSSR count). The van der Waals surface area contributed by atoms with E-state index in [1.807, 2.05) is 29.1 Å². The Bertz CT molecular complexity index is 520. The van der Waals surface area contributed by atoms with Crippen molar-refractivity contribution in [3.8, 4) is 0 Å². The number of carboxylic acids is 1. The summed E-state index contributed by atoms with van der Waals surface area (Å²) in [7, 11) is 0. The standard InChI is InChI=1S/C12H17N3O2S/c1-3-4-12(2,10(16)17)13-7-9-8-15-5-6-18-11(15)14-9/h5-6,8,13H,3-4,7H2,1-2H3,(H,16,17). The van der Waals surface area contributed by atoms with Crippen molar-refractivity contribution in [2.45, 2.75) is 38.8 Å². The molecular weight excluding hydrogens is 250 g/mol. The molecule has 0 saturated heterocycles. The number of rotatable bonds is 6. The number of carboxylic acid groups (broad SMARTS) is 1. The summed E-state index contributed by atoms with van der Waals surface area (Å²) in [4.78, 5) is 16.6. The van der Waals surface area contributed by atoms with Crippen molar-refractivity contribution in [1.29, 1.82) is 0 Å². The Hall–Kier alpha value is -1.40. The third kappa shape index (κ3) is 2.54. The summed E-state index contributed by atoms with van der Waals surface area (Å²) in [5, 5.41) is 14.3. The Balaban J connectivity index is 2.05. The molecule has 2 aromatic rings. The maximum atomic E-state index is 11.3. The van der Waals surface area contributed by atoms with Crippen molar-refractivity contribution in [1.82, 2.24) is 14.7 Å². The summed E-state index contributed by atoms with van der Waals surface area (Å²) in [6, 6.07) is 0. The molecule has 2 N–H and O–H groups in total. The molecule has 5 nitrogen and oxygen atoms in total. The van der Waals surface area contributed by atoms with Gasteiger partial charge in [-0.3, -0.25) is 14.5 Å². The average molecular weight is 267 g/mol. The van der Waals surface area contributed by atoms with Gasteiger partial charge >= 0.3 is 5.97 Å². The number of carbonyl (C=O) groups is 1. The van der Waals surface area contributed by atoms with Gasteiger partial charge in [0.2, 0.25) is 0 Å². The third-order valence-electron chi connectivity index (χ3n) is 3.02. The largest absolute Gasteiger partial charge is 0.480 e. The summed E-state index contributed by atoms with van der Waals surface area (Å²) in [5.41, 5.74) is -0.0170. The van der Waals surface area contributed by atoms with E-state index in [1.165, 1.54) is 0 Å². The van der Waals surface area contributed by atoms with Crippen LogP contribution in [0.5, 0.6) is 0 Å². The lowest BCUT2D eigenvalue weighted by molar-refractivity contribution is -0.144. The molecule has 98 valence electrons. The van der Waals surface area contributed by atoms with Crippen LogP contribution in [0.25, 0.3) is 4.96 Å². The smallest absolute Gasteiger partial charge is 0.323 e. The molecule has 0 aliphatic heterocycles. The number of aromatic nitrogens is 2. The number of nitrogens with one attached hydrogen (secondary N) is 1. The number of hydrogen-bond donors (Lipinski definition) is 2. The molecule has 2 heterocycles. The van der Waals surface area contributed by atoms with Crippen LogP contribution in [0.1, 0.15) is 32.4 Å². The number of hydrogen-bond acceptors (Lipinski definition) is 4. The molecular formula is C12H17N3O2S. The van der Waals surface area contributed by atoms with Gasteiger partial charge in [0.1, 0.15) is 5.54 Å². The molecule has 0 amide bonds. The van der Waals surface area contributed by atoms with Gasteiger partial charge in [0.15, 0.2) is 4.96 Å². The van der Waals surface area contributed by atoms with Crippen LogP contribution < -0.4 is 5.32 Å². The van der Waals surface area contributed by atoms with Gasteiger partial charge < -0.3 is 5.11 Å². The van der Waals surface area contributed by atoms with Crippen LogP contribution in [0.15, 0.2) is 17.8 Å². The second-order valence-corrected chi connectivity index (χ2v) is 5.44. The second kappa shape index (κ2) is 5.07. The molecule has 0 spiro atoms. The molecule has 6 heteroatoms. The van der Waals surface area contributed by atoms with E-state index in [9.17, 15) is 9.90 Å². The first-order valence-electron chi connectivity index (χ1n) is 5.94. The molecule has 0 aliphatic carbocycles. The van der Waals surface area contributed by atoms with Crippen LogP contribution in [-0.2, 0) is 11.3 Å². The molecule has 0 radical (unpaired) electrons. The van der Waals surface area contributed by atoms with Gasteiger partial charge in [-0.05, 0) is 13.3 Å². The minimum atomic E-state index is -0.883. The summed E-state index contributed by atoms with van der Waals surface area (Å²) in [6.45, 7) is 4.17. The fraction of sp³-hybridized carbons (Fsp3) is 0.500. The zero-order chi connectivity index (χ0) is 13.2. The SMILES string of the molecule is CCCC(C)(NCc1cn2ccsc2n1)C(=O)O. The van der Waals surface area contributed by atoms with E-state index in [0.717, 1.165) is 17.1 Å². The van der Waals surface area contributed by atoms with Crippen molar-refractivity contribution in [3.63, 3.8) is 0 Å². The van der Waals surface area contributed by atoms with Crippen molar-refractivity contribution in [3.05, 3.63) is 23.5 Å². The molecule has 1 atom stereocenters. The Labute approximate surface area is 109 Å². The van der Waals surface area contributed by atoms with Crippen molar-refractivity contribution in [2.75, 3.05) is 0 Å². The zero-order valence-corrected chi connectivity index (χ0v) is 11.3. The van der Waals surface area contributed by atoms with E-state index in [2.05, 4.69) is 10.3 Å². The van der Waals surface area contributed by atoms with Crippen molar-refractivity contribution < 1.29 is 9.90 Å². The van der Waals surface area contributed by atoms with Gasteiger partial charge in [0.25, 0.3) is 0 Å². The lowest BCUT2D eigenvalue weighted by Crippen LogP contribution is -2.48. The highest BCUT2D eigenvalue weighted by atomic mass is 32.1. The van der Waals surface area contributed by atoms with Gasteiger partial charge in [-0.15, -0.1) is 11.3 Å². The van der Waals surface area contributed by atoms with Crippen LogP contribution in [0.2, 0.25) is 0 Å². The molecule has 1 unspecified atom stereocenters. The van der Waals surface area contributed by atoms with Gasteiger partial charge in [0.05, 0.1) is 5.69 Å². The molecule has 0 bridgehead atoms. The fourth-order valence-electron chi connectivity index (χ4n) is 1.92. The monoisotopic (exact) mass is 267 g/mol. The lowest BCUT2D eigenvalue weighted by atomic mass is 9.96. The molecule has 0 aromatic carbocycles. The quantitative estimate of drug-likeness (QED) is 0.841. The molecule has 0 aliphatic rings. The maximum Gasteiger partial charge on any atom is 0.323 e.